The lowest BCUT2D eigenvalue weighted by Crippen LogP contribution is -2.40. The predicted molar refractivity (Wildman–Crippen MR) is 112 cm³/mol. The summed E-state index contributed by atoms with van der Waals surface area (Å²) in [5, 5.41) is 3.50. The van der Waals surface area contributed by atoms with Crippen LogP contribution in [0.2, 0.25) is 0 Å². The van der Waals surface area contributed by atoms with Gasteiger partial charge in [-0.1, -0.05) is 24.3 Å². The van der Waals surface area contributed by atoms with Crippen LogP contribution in [0, 0.1) is 5.92 Å². The first-order valence-electron chi connectivity index (χ1n) is 10.5. The molecule has 1 aromatic carbocycles. The van der Waals surface area contributed by atoms with E-state index >= 15 is 0 Å². The summed E-state index contributed by atoms with van der Waals surface area (Å²) in [6.45, 7) is 5.09. The summed E-state index contributed by atoms with van der Waals surface area (Å²) in [7, 11) is 3.94. The molecule has 0 aromatic heterocycles. The van der Waals surface area contributed by atoms with Crippen LogP contribution < -0.4 is 5.32 Å². The van der Waals surface area contributed by atoms with Gasteiger partial charge in [0.15, 0.2) is 5.96 Å². The highest BCUT2D eigenvalue weighted by Gasteiger charge is 2.21. The van der Waals surface area contributed by atoms with Gasteiger partial charge in [0, 0.05) is 59.9 Å². The molecule has 2 fully saturated rings. The SMILES string of the molecule is CN=C(NCc1ccccc1CN1CCCC1=O)N(C)CCC1CCOCC1. The minimum atomic E-state index is 0.270. The Morgan fingerprint density at radius 2 is 2.04 bits per heavy atom. The van der Waals surface area contributed by atoms with E-state index in [0.29, 0.717) is 19.5 Å². The Kier molecular flexibility index (Phi) is 7.71. The van der Waals surface area contributed by atoms with Gasteiger partial charge in [-0.2, -0.15) is 0 Å². The summed E-state index contributed by atoms with van der Waals surface area (Å²) in [5.41, 5.74) is 2.44. The van der Waals surface area contributed by atoms with E-state index < -0.39 is 0 Å². The molecular formula is C22H34N4O2. The molecule has 1 N–H and O–H groups in total. The van der Waals surface area contributed by atoms with Crippen LogP contribution in [0.1, 0.15) is 43.2 Å². The van der Waals surface area contributed by atoms with Crippen LogP contribution in [0.5, 0.6) is 0 Å². The monoisotopic (exact) mass is 386 g/mol. The number of carbonyl (C=O) groups excluding carboxylic acids is 1. The van der Waals surface area contributed by atoms with Gasteiger partial charge < -0.3 is 19.9 Å². The minimum absolute atomic E-state index is 0.270. The molecule has 0 aliphatic carbocycles. The zero-order valence-corrected chi connectivity index (χ0v) is 17.3. The highest BCUT2D eigenvalue weighted by atomic mass is 16.5. The van der Waals surface area contributed by atoms with E-state index in [1.807, 2.05) is 18.0 Å². The van der Waals surface area contributed by atoms with E-state index in [-0.39, 0.29) is 5.91 Å². The summed E-state index contributed by atoms with van der Waals surface area (Å²) in [4.78, 5) is 20.6. The Morgan fingerprint density at radius 3 is 2.71 bits per heavy atom. The standard InChI is InChI=1S/C22H34N4O2/c1-23-22(25(2)13-9-18-10-14-28-15-11-18)24-16-19-6-3-4-7-20(19)17-26-12-5-8-21(26)27/h3-4,6-7,18H,5,8-17H2,1-2H3,(H,23,24). The van der Waals surface area contributed by atoms with Crippen molar-refractivity contribution in [1.29, 1.82) is 0 Å². The van der Waals surface area contributed by atoms with Crippen molar-refractivity contribution < 1.29 is 9.53 Å². The molecule has 2 aliphatic heterocycles. The van der Waals surface area contributed by atoms with Crippen molar-refractivity contribution in [3.8, 4) is 0 Å². The van der Waals surface area contributed by atoms with E-state index in [9.17, 15) is 4.79 Å². The molecule has 0 bridgehead atoms. The molecule has 0 saturated carbocycles. The number of benzene rings is 1. The second kappa shape index (κ2) is 10.5. The van der Waals surface area contributed by atoms with Gasteiger partial charge in [0.05, 0.1) is 0 Å². The van der Waals surface area contributed by atoms with Crippen LogP contribution in [0.25, 0.3) is 0 Å². The number of amides is 1. The van der Waals surface area contributed by atoms with Gasteiger partial charge in [-0.05, 0) is 42.7 Å². The Hall–Kier alpha value is -2.08. The number of carbonyl (C=O) groups is 1. The second-order valence-corrected chi connectivity index (χ2v) is 7.85. The van der Waals surface area contributed by atoms with Crippen LogP contribution in [-0.2, 0) is 22.6 Å². The summed E-state index contributed by atoms with van der Waals surface area (Å²) in [6, 6.07) is 8.37. The largest absolute Gasteiger partial charge is 0.381 e. The molecule has 0 atom stereocenters. The minimum Gasteiger partial charge on any atom is -0.381 e. The van der Waals surface area contributed by atoms with Crippen molar-refractivity contribution >= 4 is 11.9 Å². The fourth-order valence-electron chi connectivity index (χ4n) is 4.04. The smallest absolute Gasteiger partial charge is 0.222 e. The lowest BCUT2D eigenvalue weighted by molar-refractivity contribution is -0.128. The van der Waals surface area contributed by atoms with E-state index in [4.69, 9.17) is 4.74 Å². The molecule has 2 heterocycles. The van der Waals surface area contributed by atoms with Gasteiger partial charge in [-0.25, -0.2) is 0 Å². The molecule has 0 spiro atoms. The number of ether oxygens (including phenoxy) is 1. The molecule has 1 aromatic rings. The highest BCUT2D eigenvalue weighted by molar-refractivity contribution is 5.79. The molecule has 3 rings (SSSR count). The molecule has 6 nitrogen and oxygen atoms in total. The fourth-order valence-corrected chi connectivity index (χ4v) is 4.04. The molecule has 28 heavy (non-hydrogen) atoms. The summed E-state index contributed by atoms with van der Waals surface area (Å²) in [5.74, 6) is 1.94. The van der Waals surface area contributed by atoms with Crippen molar-refractivity contribution in [3.05, 3.63) is 35.4 Å². The van der Waals surface area contributed by atoms with Gasteiger partial charge in [-0.15, -0.1) is 0 Å². The van der Waals surface area contributed by atoms with E-state index in [2.05, 4.69) is 40.5 Å². The van der Waals surface area contributed by atoms with Crippen molar-refractivity contribution in [2.75, 3.05) is 40.4 Å². The third-order valence-electron chi connectivity index (χ3n) is 5.87. The summed E-state index contributed by atoms with van der Waals surface area (Å²) >= 11 is 0. The topological polar surface area (TPSA) is 57.2 Å². The van der Waals surface area contributed by atoms with Crippen molar-refractivity contribution in [2.24, 2.45) is 10.9 Å². The third kappa shape index (κ3) is 5.71. The maximum Gasteiger partial charge on any atom is 0.222 e. The summed E-state index contributed by atoms with van der Waals surface area (Å²) < 4.78 is 5.45. The molecule has 0 unspecified atom stereocenters. The van der Waals surface area contributed by atoms with Gasteiger partial charge in [-0.3, -0.25) is 9.79 Å². The number of aliphatic imine (C=N–C) groups is 1. The van der Waals surface area contributed by atoms with Crippen molar-refractivity contribution in [1.82, 2.24) is 15.1 Å². The average Bonchev–Trinajstić information content (AvgIpc) is 3.13. The first-order chi connectivity index (χ1) is 13.7. The molecule has 2 saturated heterocycles. The number of hydrogen-bond acceptors (Lipinski definition) is 3. The van der Waals surface area contributed by atoms with Gasteiger partial charge in [0.2, 0.25) is 5.91 Å². The maximum absolute atomic E-state index is 12.0. The van der Waals surface area contributed by atoms with Gasteiger partial charge >= 0.3 is 0 Å². The molecule has 6 heteroatoms. The normalized spacial score (nSPS) is 18.6. The van der Waals surface area contributed by atoms with Gasteiger partial charge in [0.25, 0.3) is 0 Å². The highest BCUT2D eigenvalue weighted by Crippen LogP contribution is 2.19. The van der Waals surface area contributed by atoms with Crippen molar-refractivity contribution in [3.63, 3.8) is 0 Å². The molecule has 2 aliphatic rings. The Balaban J connectivity index is 1.52. The first kappa shape index (κ1) is 20.6. The lowest BCUT2D eigenvalue weighted by atomic mass is 9.96. The molecule has 0 radical (unpaired) electrons. The lowest BCUT2D eigenvalue weighted by Gasteiger charge is -2.27. The maximum atomic E-state index is 12.0. The number of nitrogens with one attached hydrogen (secondary N) is 1. The number of hydrogen-bond donors (Lipinski definition) is 1. The molecule has 1 amide bonds. The Bertz CT molecular complexity index is 670. The van der Waals surface area contributed by atoms with E-state index in [0.717, 1.165) is 44.6 Å². The molecular weight excluding hydrogens is 352 g/mol. The van der Waals surface area contributed by atoms with Crippen molar-refractivity contribution in [2.45, 2.75) is 45.2 Å². The quantitative estimate of drug-likeness (QED) is 0.578. The summed E-state index contributed by atoms with van der Waals surface area (Å²) in [6.07, 6.45) is 5.17. The van der Waals surface area contributed by atoms with Gasteiger partial charge in [0.1, 0.15) is 0 Å². The number of rotatable bonds is 7. The zero-order valence-electron chi connectivity index (χ0n) is 17.3. The van der Waals surface area contributed by atoms with Crippen LogP contribution in [0.15, 0.2) is 29.3 Å². The zero-order chi connectivity index (χ0) is 19.8. The second-order valence-electron chi connectivity index (χ2n) is 7.85. The van der Waals surface area contributed by atoms with Crippen LogP contribution in [0.3, 0.4) is 0 Å². The van der Waals surface area contributed by atoms with E-state index in [1.54, 1.807) is 0 Å². The first-order valence-corrected chi connectivity index (χ1v) is 10.5. The van der Waals surface area contributed by atoms with Crippen LogP contribution in [-0.4, -0.2) is 62.1 Å². The van der Waals surface area contributed by atoms with Crippen LogP contribution in [0.4, 0.5) is 0 Å². The number of likely N-dealkylation sites (tertiary alicyclic amines) is 1. The Morgan fingerprint density at radius 1 is 1.29 bits per heavy atom. The number of guanidine groups is 1. The third-order valence-corrected chi connectivity index (χ3v) is 5.87. The number of nitrogens with zero attached hydrogens (tertiary/aromatic N) is 3. The average molecular weight is 387 g/mol. The predicted octanol–water partition coefficient (Wildman–Crippen LogP) is 2.63. The molecule has 154 valence electrons. The Labute approximate surface area is 168 Å². The fraction of sp³-hybridized carbons (Fsp3) is 0.636. The van der Waals surface area contributed by atoms with E-state index in [1.165, 1.54) is 30.4 Å². The van der Waals surface area contributed by atoms with Crippen LogP contribution >= 0.6 is 0 Å².